The van der Waals surface area contributed by atoms with Gasteiger partial charge < -0.3 is 14.8 Å². The molecule has 0 aromatic heterocycles. The minimum atomic E-state index is -0.0918. The van der Waals surface area contributed by atoms with Gasteiger partial charge in [-0.25, -0.2) is 0 Å². The van der Waals surface area contributed by atoms with E-state index in [1.807, 2.05) is 0 Å². The first-order valence-electron chi connectivity index (χ1n) is 6.79. The highest BCUT2D eigenvalue weighted by Crippen LogP contribution is 2.18. The number of hydrogen-bond donors (Lipinski definition) is 1. The lowest BCUT2D eigenvalue weighted by Gasteiger charge is -2.31. The van der Waals surface area contributed by atoms with Gasteiger partial charge in [0.15, 0.2) is 0 Å². The average molecular weight is 245 g/mol. The standard InChI is InChI=1S/C14H31NO2/c1-7-10-15-12-14(5,8-2)17-11-9-13(3,4)16-6/h15H,7-12H2,1-6H3. The first-order valence-corrected chi connectivity index (χ1v) is 6.79. The average Bonchev–Trinajstić information content (AvgIpc) is 2.29. The van der Waals surface area contributed by atoms with Crippen molar-refractivity contribution in [3.63, 3.8) is 0 Å². The number of ether oxygens (including phenoxy) is 2. The summed E-state index contributed by atoms with van der Waals surface area (Å²) in [5.41, 5.74) is -0.148. The molecule has 0 radical (unpaired) electrons. The third-order valence-electron chi connectivity index (χ3n) is 3.38. The van der Waals surface area contributed by atoms with Crippen LogP contribution in [0.3, 0.4) is 0 Å². The fourth-order valence-corrected chi connectivity index (χ4v) is 1.45. The molecule has 0 bridgehead atoms. The molecule has 0 fully saturated rings. The first-order chi connectivity index (χ1) is 7.89. The Balaban J connectivity index is 3.94. The summed E-state index contributed by atoms with van der Waals surface area (Å²) in [5.74, 6) is 0. The summed E-state index contributed by atoms with van der Waals surface area (Å²) >= 11 is 0. The molecule has 3 heteroatoms. The van der Waals surface area contributed by atoms with Crippen LogP contribution in [0.2, 0.25) is 0 Å². The van der Waals surface area contributed by atoms with E-state index in [1.165, 1.54) is 0 Å². The van der Waals surface area contributed by atoms with Crippen LogP contribution in [0.4, 0.5) is 0 Å². The van der Waals surface area contributed by atoms with Crippen LogP contribution in [-0.2, 0) is 9.47 Å². The summed E-state index contributed by atoms with van der Waals surface area (Å²) < 4.78 is 11.4. The van der Waals surface area contributed by atoms with Crippen LogP contribution in [-0.4, -0.2) is 38.0 Å². The maximum Gasteiger partial charge on any atom is 0.0775 e. The van der Waals surface area contributed by atoms with E-state index in [-0.39, 0.29) is 11.2 Å². The fourth-order valence-electron chi connectivity index (χ4n) is 1.45. The van der Waals surface area contributed by atoms with Crippen molar-refractivity contribution in [1.82, 2.24) is 5.32 Å². The van der Waals surface area contributed by atoms with E-state index in [2.05, 4.69) is 39.9 Å². The maximum atomic E-state index is 6.02. The molecule has 1 unspecified atom stereocenters. The predicted octanol–water partition coefficient (Wildman–Crippen LogP) is 2.99. The molecule has 0 aromatic rings. The summed E-state index contributed by atoms with van der Waals surface area (Å²) in [6, 6.07) is 0. The smallest absolute Gasteiger partial charge is 0.0775 e. The van der Waals surface area contributed by atoms with Crippen molar-refractivity contribution in [3.05, 3.63) is 0 Å². The van der Waals surface area contributed by atoms with Gasteiger partial charge in [0.25, 0.3) is 0 Å². The van der Waals surface area contributed by atoms with Crippen molar-refractivity contribution in [2.45, 2.75) is 65.1 Å². The SMILES string of the molecule is CCCNCC(C)(CC)OCCC(C)(C)OC. The van der Waals surface area contributed by atoms with E-state index in [9.17, 15) is 0 Å². The predicted molar refractivity (Wildman–Crippen MR) is 73.5 cm³/mol. The van der Waals surface area contributed by atoms with E-state index in [4.69, 9.17) is 9.47 Å². The molecule has 104 valence electrons. The van der Waals surface area contributed by atoms with Crippen LogP contribution < -0.4 is 5.32 Å². The lowest BCUT2D eigenvalue weighted by Crippen LogP contribution is -2.41. The second-order valence-corrected chi connectivity index (χ2v) is 5.54. The van der Waals surface area contributed by atoms with E-state index in [0.717, 1.165) is 39.0 Å². The number of hydrogen-bond acceptors (Lipinski definition) is 3. The van der Waals surface area contributed by atoms with Crippen molar-refractivity contribution < 1.29 is 9.47 Å². The van der Waals surface area contributed by atoms with Gasteiger partial charge in [0.05, 0.1) is 17.8 Å². The lowest BCUT2D eigenvalue weighted by atomic mass is 10.0. The number of nitrogens with one attached hydrogen (secondary N) is 1. The molecule has 0 rings (SSSR count). The molecule has 1 N–H and O–H groups in total. The Morgan fingerprint density at radius 1 is 1.12 bits per heavy atom. The van der Waals surface area contributed by atoms with Crippen molar-refractivity contribution in [2.75, 3.05) is 26.8 Å². The molecule has 0 amide bonds. The van der Waals surface area contributed by atoms with Gasteiger partial charge >= 0.3 is 0 Å². The van der Waals surface area contributed by atoms with Crippen LogP contribution in [0.25, 0.3) is 0 Å². The van der Waals surface area contributed by atoms with Gasteiger partial charge in [0, 0.05) is 13.7 Å². The molecule has 0 aliphatic rings. The second-order valence-electron chi connectivity index (χ2n) is 5.54. The third-order valence-corrected chi connectivity index (χ3v) is 3.38. The number of rotatable bonds is 10. The van der Waals surface area contributed by atoms with Gasteiger partial charge in [-0.05, 0) is 46.6 Å². The van der Waals surface area contributed by atoms with E-state index >= 15 is 0 Å². The zero-order valence-electron chi connectivity index (χ0n) is 12.6. The molecule has 0 saturated carbocycles. The summed E-state index contributed by atoms with van der Waals surface area (Å²) in [6.45, 7) is 13.4. The second kappa shape index (κ2) is 8.06. The van der Waals surface area contributed by atoms with Crippen molar-refractivity contribution in [3.8, 4) is 0 Å². The Hall–Kier alpha value is -0.120. The molecule has 0 spiro atoms. The number of methoxy groups -OCH3 is 1. The molecule has 0 aliphatic carbocycles. The van der Waals surface area contributed by atoms with E-state index in [0.29, 0.717) is 0 Å². The Kier molecular flexibility index (Phi) is 8.01. The van der Waals surface area contributed by atoms with Crippen molar-refractivity contribution >= 4 is 0 Å². The Morgan fingerprint density at radius 3 is 2.24 bits per heavy atom. The Labute approximate surface area is 107 Å². The fraction of sp³-hybridized carbons (Fsp3) is 1.00. The van der Waals surface area contributed by atoms with Crippen LogP contribution in [0.15, 0.2) is 0 Å². The maximum absolute atomic E-state index is 6.02. The van der Waals surface area contributed by atoms with Crippen LogP contribution in [0, 0.1) is 0 Å². The molecule has 0 aliphatic heterocycles. The minimum Gasteiger partial charge on any atom is -0.379 e. The van der Waals surface area contributed by atoms with Gasteiger partial charge in [-0.3, -0.25) is 0 Å². The molecule has 0 saturated heterocycles. The highest BCUT2D eigenvalue weighted by molar-refractivity contribution is 4.77. The first kappa shape index (κ1) is 16.9. The van der Waals surface area contributed by atoms with Crippen LogP contribution in [0.1, 0.15) is 53.9 Å². The third kappa shape index (κ3) is 7.74. The summed E-state index contributed by atoms with van der Waals surface area (Å²) in [7, 11) is 1.75. The summed E-state index contributed by atoms with van der Waals surface area (Å²) in [6.07, 6.45) is 3.11. The highest BCUT2D eigenvalue weighted by Gasteiger charge is 2.24. The zero-order valence-corrected chi connectivity index (χ0v) is 12.6. The van der Waals surface area contributed by atoms with E-state index < -0.39 is 0 Å². The molecule has 3 nitrogen and oxygen atoms in total. The van der Waals surface area contributed by atoms with E-state index in [1.54, 1.807) is 7.11 Å². The van der Waals surface area contributed by atoms with Gasteiger partial charge in [0.1, 0.15) is 0 Å². The quantitative estimate of drug-likeness (QED) is 0.600. The molecular formula is C14H31NO2. The molecule has 1 atom stereocenters. The summed E-state index contributed by atoms with van der Waals surface area (Å²) in [4.78, 5) is 0. The van der Waals surface area contributed by atoms with Crippen LogP contribution in [0.5, 0.6) is 0 Å². The van der Waals surface area contributed by atoms with Crippen molar-refractivity contribution in [2.24, 2.45) is 0 Å². The largest absolute Gasteiger partial charge is 0.379 e. The van der Waals surface area contributed by atoms with Gasteiger partial charge in [-0.15, -0.1) is 0 Å². The molecule has 0 aromatic carbocycles. The Bertz CT molecular complexity index is 195. The van der Waals surface area contributed by atoms with Gasteiger partial charge in [0.2, 0.25) is 0 Å². The highest BCUT2D eigenvalue weighted by atomic mass is 16.5. The monoisotopic (exact) mass is 245 g/mol. The normalized spacial score (nSPS) is 15.9. The summed E-state index contributed by atoms with van der Waals surface area (Å²) in [5, 5.41) is 3.43. The lowest BCUT2D eigenvalue weighted by molar-refractivity contribution is -0.0667. The minimum absolute atomic E-state index is 0.0566. The Morgan fingerprint density at radius 2 is 1.76 bits per heavy atom. The zero-order chi connectivity index (χ0) is 13.4. The van der Waals surface area contributed by atoms with Crippen molar-refractivity contribution in [1.29, 1.82) is 0 Å². The topological polar surface area (TPSA) is 30.5 Å². The molecule has 17 heavy (non-hydrogen) atoms. The molecular weight excluding hydrogens is 214 g/mol. The van der Waals surface area contributed by atoms with Gasteiger partial charge in [-0.1, -0.05) is 13.8 Å². The van der Waals surface area contributed by atoms with Crippen LogP contribution >= 0.6 is 0 Å². The molecule has 0 heterocycles. The van der Waals surface area contributed by atoms with Gasteiger partial charge in [-0.2, -0.15) is 0 Å².